The minimum atomic E-state index is -3.56. The fraction of sp³-hybridized carbons (Fsp3) is 0.400. The first-order valence-electron chi connectivity index (χ1n) is 9.84. The van der Waals surface area contributed by atoms with Crippen molar-refractivity contribution in [2.45, 2.75) is 38.5 Å². The van der Waals surface area contributed by atoms with Crippen LogP contribution in [0.4, 0.5) is 0 Å². The fourth-order valence-corrected chi connectivity index (χ4v) is 5.24. The van der Waals surface area contributed by atoms with Gasteiger partial charge < -0.3 is 0 Å². The smallest absolute Gasteiger partial charge is 0.290 e. The van der Waals surface area contributed by atoms with E-state index in [1.807, 2.05) is 13.0 Å². The summed E-state index contributed by atoms with van der Waals surface area (Å²) in [6.45, 7) is 6.75. The number of hydrogen-bond donors (Lipinski definition) is 0. The highest BCUT2D eigenvalue weighted by Gasteiger charge is 2.29. The molecule has 0 saturated carbocycles. The average molecular weight is 429 g/mol. The second kappa shape index (κ2) is 7.77. The van der Waals surface area contributed by atoms with Crippen LogP contribution >= 0.6 is 0 Å². The van der Waals surface area contributed by atoms with E-state index in [1.165, 1.54) is 21.5 Å². The molecular formula is C20H24N6O3S. The van der Waals surface area contributed by atoms with Gasteiger partial charge in [0.1, 0.15) is 22.7 Å². The second-order valence-electron chi connectivity index (χ2n) is 7.77. The molecular weight excluding hydrogens is 404 g/mol. The summed E-state index contributed by atoms with van der Waals surface area (Å²) in [7, 11) is -3.56. The van der Waals surface area contributed by atoms with Crippen molar-refractivity contribution in [2.75, 3.05) is 13.1 Å². The number of rotatable bonds is 4. The van der Waals surface area contributed by atoms with Crippen LogP contribution in [0.3, 0.4) is 0 Å². The summed E-state index contributed by atoms with van der Waals surface area (Å²) in [4.78, 5) is 21.2. The minimum Gasteiger partial charge on any atom is -0.290 e. The molecule has 1 fully saturated rings. The first kappa shape index (κ1) is 20.4. The van der Waals surface area contributed by atoms with Crippen LogP contribution in [-0.2, 0) is 10.0 Å². The zero-order valence-electron chi connectivity index (χ0n) is 17.2. The van der Waals surface area contributed by atoms with Gasteiger partial charge in [-0.15, -0.1) is 0 Å². The largest absolute Gasteiger partial charge is 0.298 e. The van der Waals surface area contributed by atoms with Gasteiger partial charge in [-0.25, -0.2) is 18.4 Å². The van der Waals surface area contributed by atoms with Crippen LogP contribution in [0.5, 0.6) is 0 Å². The predicted molar refractivity (Wildman–Crippen MR) is 110 cm³/mol. The standard InChI is InChI=1S/C20H24N6O3S/c1-14-5-4-8-25(11-14)30(28,29)17-6-7-19(21-10-17)24-12-18(22-13-24)20(27)26-16(3)9-15(2)23-26/h6-7,9-10,12-14H,4-5,8,11H2,1-3H3/t14-/m0/s1. The molecule has 0 radical (unpaired) electrons. The Balaban J connectivity index is 1.55. The molecule has 3 aromatic rings. The maximum atomic E-state index is 12.9. The second-order valence-corrected chi connectivity index (χ2v) is 9.71. The average Bonchev–Trinajstić information content (AvgIpc) is 3.34. The van der Waals surface area contributed by atoms with E-state index < -0.39 is 10.0 Å². The number of carbonyl (C=O) groups is 1. The summed E-state index contributed by atoms with van der Waals surface area (Å²) >= 11 is 0. The first-order valence-corrected chi connectivity index (χ1v) is 11.3. The lowest BCUT2D eigenvalue weighted by atomic mass is 10.0. The molecule has 1 aliphatic rings. The molecule has 0 unspecified atom stereocenters. The Morgan fingerprint density at radius 2 is 2.00 bits per heavy atom. The zero-order chi connectivity index (χ0) is 21.5. The SMILES string of the molecule is Cc1cc(C)n(C(=O)c2cn(-c3ccc(S(=O)(=O)N4CCC[C@H](C)C4)cn3)cn2)n1. The molecule has 158 valence electrons. The van der Waals surface area contributed by atoms with Crippen LogP contribution in [0.1, 0.15) is 41.6 Å². The lowest BCUT2D eigenvalue weighted by Crippen LogP contribution is -2.39. The topological polar surface area (TPSA) is 103 Å². The first-order chi connectivity index (χ1) is 14.3. The van der Waals surface area contributed by atoms with Gasteiger partial charge in [-0.2, -0.15) is 14.1 Å². The summed E-state index contributed by atoms with van der Waals surface area (Å²) in [5.74, 6) is 0.489. The third kappa shape index (κ3) is 3.80. The molecule has 3 aromatic heterocycles. The molecule has 4 rings (SSSR count). The van der Waals surface area contributed by atoms with Gasteiger partial charge in [0.05, 0.1) is 5.69 Å². The monoisotopic (exact) mass is 428 g/mol. The fourth-order valence-electron chi connectivity index (χ4n) is 3.69. The molecule has 9 nitrogen and oxygen atoms in total. The van der Waals surface area contributed by atoms with Gasteiger partial charge in [0, 0.05) is 31.2 Å². The quantitative estimate of drug-likeness (QED) is 0.631. The summed E-state index contributed by atoms with van der Waals surface area (Å²) in [6, 6.07) is 4.97. The van der Waals surface area contributed by atoms with E-state index in [-0.39, 0.29) is 16.5 Å². The lowest BCUT2D eigenvalue weighted by molar-refractivity contribution is 0.0938. The molecule has 0 bridgehead atoms. The Kier molecular flexibility index (Phi) is 5.29. The van der Waals surface area contributed by atoms with Gasteiger partial charge in [0.25, 0.3) is 5.91 Å². The van der Waals surface area contributed by atoms with Crippen molar-refractivity contribution < 1.29 is 13.2 Å². The van der Waals surface area contributed by atoms with Gasteiger partial charge in [0.2, 0.25) is 10.0 Å². The number of piperidine rings is 1. The van der Waals surface area contributed by atoms with Crippen LogP contribution in [0.2, 0.25) is 0 Å². The Morgan fingerprint density at radius 3 is 2.63 bits per heavy atom. The minimum absolute atomic E-state index is 0.166. The van der Waals surface area contributed by atoms with Crippen LogP contribution in [0, 0.1) is 19.8 Å². The van der Waals surface area contributed by atoms with Crippen molar-refractivity contribution in [1.82, 2.24) is 28.6 Å². The highest BCUT2D eigenvalue weighted by Crippen LogP contribution is 2.23. The molecule has 0 aromatic carbocycles. The van der Waals surface area contributed by atoms with E-state index in [9.17, 15) is 13.2 Å². The molecule has 0 spiro atoms. The summed E-state index contributed by atoms with van der Waals surface area (Å²) in [6.07, 6.45) is 6.30. The Hall–Kier alpha value is -2.85. The number of aromatic nitrogens is 5. The lowest BCUT2D eigenvalue weighted by Gasteiger charge is -2.29. The zero-order valence-corrected chi connectivity index (χ0v) is 18.0. The molecule has 0 N–H and O–H groups in total. The van der Waals surface area contributed by atoms with Crippen LogP contribution < -0.4 is 0 Å². The van der Waals surface area contributed by atoms with Crippen molar-refractivity contribution in [3.05, 3.63) is 54.0 Å². The molecule has 4 heterocycles. The van der Waals surface area contributed by atoms with E-state index in [0.717, 1.165) is 24.2 Å². The van der Waals surface area contributed by atoms with Crippen molar-refractivity contribution in [1.29, 1.82) is 0 Å². The number of imidazole rings is 1. The summed E-state index contributed by atoms with van der Waals surface area (Å²) in [5.41, 5.74) is 1.70. The molecule has 0 aliphatic carbocycles. The molecule has 1 atom stereocenters. The highest BCUT2D eigenvalue weighted by atomic mass is 32.2. The molecule has 10 heteroatoms. The number of aryl methyl sites for hydroxylation is 2. The summed E-state index contributed by atoms with van der Waals surface area (Å²) < 4.78 is 30.2. The van der Waals surface area contributed by atoms with Gasteiger partial charge in [-0.3, -0.25) is 9.36 Å². The van der Waals surface area contributed by atoms with Crippen LogP contribution in [-0.4, -0.2) is 56.0 Å². The number of carbonyl (C=O) groups excluding carboxylic acids is 1. The molecule has 0 amide bonds. The molecule has 1 aliphatic heterocycles. The number of sulfonamides is 1. The van der Waals surface area contributed by atoms with Gasteiger partial charge in [-0.05, 0) is 50.8 Å². The molecule has 1 saturated heterocycles. The van der Waals surface area contributed by atoms with E-state index >= 15 is 0 Å². The number of pyridine rings is 1. The van der Waals surface area contributed by atoms with Crippen LogP contribution in [0.15, 0.2) is 41.8 Å². The Morgan fingerprint density at radius 1 is 1.20 bits per heavy atom. The van der Waals surface area contributed by atoms with Gasteiger partial charge in [-0.1, -0.05) is 6.92 Å². The maximum absolute atomic E-state index is 12.9. The normalized spacial score (nSPS) is 17.9. The predicted octanol–water partition coefficient (Wildman–Crippen LogP) is 2.19. The van der Waals surface area contributed by atoms with E-state index in [2.05, 4.69) is 22.0 Å². The maximum Gasteiger partial charge on any atom is 0.298 e. The van der Waals surface area contributed by atoms with Crippen LogP contribution in [0.25, 0.3) is 5.82 Å². The Labute approximate surface area is 175 Å². The summed E-state index contributed by atoms with van der Waals surface area (Å²) in [5, 5.41) is 4.19. The highest BCUT2D eigenvalue weighted by molar-refractivity contribution is 7.89. The van der Waals surface area contributed by atoms with Crippen molar-refractivity contribution in [3.63, 3.8) is 0 Å². The number of hydrogen-bond acceptors (Lipinski definition) is 6. The van der Waals surface area contributed by atoms with Crippen molar-refractivity contribution in [2.24, 2.45) is 5.92 Å². The molecule has 30 heavy (non-hydrogen) atoms. The third-order valence-corrected chi connectivity index (χ3v) is 7.10. The van der Waals surface area contributed by atoms with Gasteiger partial charge in [0.15, 0.2) is 0 Å². The van der Waals surface area contributed by atoms with E-state index in [0.29, 0.717) is 24.8 Å². The van der Waals surface area contributed by atoms with Crippen molar-refractivity contribution in [3.8, 4) is 5.82 Å². The van der Waals surface area contributed by atoms with E-state index in [1.54, 1.807) is 29.8 Å². The number of nitrogens with zero attached hydrogens (tertiary/aromatic N) is 6. The Bertz CT molecular complexity index is 1180. The van der Waals surface area contributed by atoms with E-state index in [4.69, 9.17) is 0 Å². The third-order valence-electron chi connectivity index (χ3n) is 5.25. The van der Waals surface area contributed by atoms with Crippen molar-refractivity contribution >= 4 is 15.9 Å². The van der Waals surface area contributed by atoms with Gasteiger partial charge >= 0.3 is 0 Å².